The number of hydrogen-bond acceptors (Lipinski definition) is 8. The number of halogens is 3. The minimum absolute atomic E-state index is 0.0665. The number of amides is 2. The van der Waals surface area contributed by atoms with Crippen LogP contribution in [0.2, 0.25) is 0 Å². The number of carbonyl (C=O) groups is 2. The van der Waals surface area contributed by atoms with E-state index in [1.54, 1.807) is 0 Å². The van der Waals surface area contributed by atoms with Gasteiger partial charge in [-0.1, -0.05) is 10.5 Å². The third-order valence-corrected chi connectivity index (χ3v) is 10.5. The van der Waals surface area contributed by atoms with Crippen LogP contribution in [0.5, 0.6) is 0 Å². The summed E-state index contributed by atoms with van der Waals surface area (Å²) in [4.78, 5) is 36.6. The minimum atomic E-state index is -3.30. The molecular formula is C23H24F3N7O4S. The van der Waals surface area contributed by atoms with E-state index in [9.17, 15) is 28.0 Å². The van der Waals surface area contributed by atoms with Crippen molar-refractivity contribution in [2.45, 2.75) is 48.7 Å². The number of nitriles is 1. The maximum atomic E-state index is 15.3. The van der Waals surface area contributed by atoms with Crippen molar-refractivity contribution in [3.8, 4) is 6.07 Å². The number of amidine groups is 1. The average Bonchev–Trinajstić information content (AvgIpc) is 2.85. The standard InChI is InChI=1S/C23H24F3N7O4S/c1-21(2)19(32-20(35)36)33-22(3,15-8-23(25,26)11-29-38(15,21)37)17-13(24)5-7-16(30-17)31-18(34)14-6-4-12(9-27)10-28-14/h4-7,10,15,29,37H,8,11H2,1-3H3,(H,32,33)(H,35,36)(H,30,31,34)/t15-,22+/m1/s1. The fraction of sp³-hybridized carbons (Fsp3) is 0.391. The summed E-state index contributed by atoms with van der Waals surface area (Å²) in [6, 6.07) is 6.65. The molecule has 4 rings (SSSR count). The minimum Gasteiger partial charge on any atom is -0.465 e. The van der Waals surface area contributed by atoms with Crippen molar-refractivity contribution in [2.75, 3.05) is 11.9 Å². The zero-order chi connectivity index (χ0) is 28.1. The van der Waals surface area contributed by atoms with Gasteiger partial charge in [0.05, 0.1) is 22.1 Å². The smallest absolute Gasteiger partial charge is 0.410 e. The molecule has 5 N–H and O–H groups in total. The average molecular weight is 552 g/mol. The number of rotatable bonds is 3. The molecule has 3 atom stereocenters. The summed E-state index contributed by atoms with van der Waals surface area (Å²) in [7, 11) is -3.30. The summed E-state index contributed by atoms with van der Waals surface area (Å²) < 4.78 is 57.5. The Labute approximate surface area is 216 Å². The van der Waals surface area contributed by atoms with Crippen molar-refractivity contribution in [3.05, 3.63) is 53.2 Å². The summed E-state index contributed by atoms with van der Waals surface area (Å²) in [5.41, 5.74) is -2.28. The van der Waals surface area contributed by atoms with Crippen molar-refractivity contribution < 1.29 is 32.4 Å². The van der Waals surface area contributed by atoms with Crippen molar-refractivity contribution in [1.82, 2.24) is 20.0 Å². The van der Waals surface area contributed by atoms with Crippen molar-refractivity contribution in [2.24, 2.45) is 4.99 Å². The summed E-state index contributed by atoms with van der Waals surface area (Å²) in [5, 5.41) is 21.4. The lowest BCUT2D eigenvalue weighted by atomic mass is 9.88. The topological polar surface area (TPSA) is 173 Å². The lowest BCUT2D eigenvalue weighted by molar-refractivity contribution is -0.0148. The molecule has 1 saturated heterocycles. The number of pyridine rings is 2. The Morgan fingerprint density at radius 1 is 1.21 bits per heavy atom. The van der Waals surface area contributed by atoms with Crippen LogP contribution in [0.25, 0.3) is 0 Å². The summed E-state index contributed by atoms with van der Waals surface area (Å²) in [5.74, 6) is -5.40. The summed E-state index contributed by atoms with van der Waals surface area (Å²) in [6.07, 6.45) is -1.19. The van der Waals surface area contributed by atoms with Crippen LogP contribution in [0.3, 0.4) is 0 Å². The van der Waals surface area contributed by atoms with Crippen molar-refractivity contribution in [3.63, 3.8) is 0 Å². The highest BCUT2D eigenvalue weighted by Gasteiger charge is 2.64. The molecule has 0 radical (unpaired) electrons. The number of aliphatic imine (C=N–C) groups is 1. The number of anilines is 1. The number of alkyl halides is 2. The highest BCUT2D eigenvalue weighted by molar-refractivity contribution is 8.29. The van der Waals surface area contributed by atoms with Crippen LogP contribution >= 0.6 is 10.5 Å². The molecule has 4 heterocycles. The van der Waals surface area contributed by atoms with E-state index >= 15 is 4.39 Å². The molecule has 2 aromatic heterocycles. The normalized spacial score (nSPS) is 29.0. The molecule has 38 heavy (non-hydrogen) atoms. The lowest BCUT2D eigenvalue weighted by Crippen LogP contribution is -2.66. The number of carbonyl (C=O) groups excluding carboxylic acids is 1. The maximum absolute atomic E-state index is 15.3. The van der Waals surface area contributed by atoms with E-state index in [-0.39, 0.29) is 22.9 Å². The molecule has 1 fully saturated rings. The van der Waals surface area contributed by atoms with Gasteiger partial charge in [-0.2, -0.15) is 5.26 Å². The molecule has 202 valence electrons. The largest absolute Gasteiger partial charge is 0.465 e. The SMILES string of the molecule is CC1(C)C(NC(=O)O)=N[C@](C)(c2nc(NC(=O)c3ccc(C#N)cn3)ccc2F)[C@H]2CC(F)(F)CNS21O. The Bertz CT molecular complexity index is 1380. The van der Waals surface area contributed by atoms with Crippen LogP contribution in [-0.4, -0.2) is 59.9 Å². The third kappa shape index (κ3) is 4.55. The molecule has 1 unspecified atom stereocenters. The predicted molar refractivity (Wildman–Crippen MR) is 133 cm³/mol. The van der Waals surface area contributed by atoms with Gasteiger partial charge in [0.2, 0.25) is 0 Å². The van der Waals surface area contributed by atoms with Gasteiger partial charge in [0, 0.05) is 12.6 Å². The highest BCUT2D eigenvalue weighted by Crippen LogP contribution is 2.68. The number of carboxylic acid groups (broad SMARTS) is 1. The van der Waals surface area contributed by atoms with Crippen molar-refractivity contribution >= 4 is 34.1 Å². The maximum Gasteiger partial charge on any atom is 0.410 e. The Morgan fingerprint density at radius 3 is 2.53 bits per heavy atom. The van der Waals surface area contributed by atoms with Gasteiger partial charge in [0.1, 0.15) is 40.5 Å². The van der Waals surface area contributed by atoms with E-state index in [0.29, 0.717) is 0 Å². The van der Waals surface area contributed by atoms with E-state index in [0.717, 1.165) is 12.1 Å². The van der Waals surface area contributed by atoms with Crippen LogP contribution in [0.4, 0.5) is 23.8 Å². The Hall–Kier alpha value is -3.74. The van der Waals surface area contributed by atoms with Gasteiger partial charge in [-0.25, -0.2) is 27.9 Å². The van der Waals surface area contributed by atoms with Gasteiger partial charge >= 0.3 is 6.09 Å². The molecule has 0 aliphatic carbocycles. The zero-order valence-corrected chi connectivity index (χ0v) is 21.2. The molecule has 0 bridgehead atoms. The van der Waals surface area contributed by atoms with E-state index in [4.69, 9.17) is 5.26 Å². The summed E-state index contributed by atoms with van der Waals surface area (Å²) in [6.45, 7) is 3.35. The zero-order valence-electron chi connectivity index (χ0n) is 20.4. The fourth-order valence-corrected chi connectivity index (χ4v) is 7.97. The first-order valence-electron chi connectivity index (χ1n) is 11.2. The summed E-state index contributed by atoms with van der Waals surface area (Å²) >= 11 is 0. The van der Waals surface area contributed by atoms with E-state index in [1.165, 1.54) is 39.1 Å². The van der Waals surface area contributed by atoms with Gasteiger partial charge < -0.3 is 15.0 Å². The number of fused-ring (bicyclic) bond motifs is 1. The molecular weight excluding hydrogens is 527 g/mol. The lowest BCUT2D eigenvalue weighted by Gasteiger charge is -2.62. The van der Waals surface area contributed by atoms with Gasteiger partial charge in [0.15, 0.2) is 0 Å². The molecule has 15 heteroatoms. The first-order valence-corrected chi connectivity index (χ1v) is 12.9. The second-order valence-corrected chi connectivity index (χ2v) is 12.7. The first-order chi connectivity index (χ1) is 17.6. The second kappa shape index (κ2) is 9.22. The molecule has 0 spiro atoms. The number of aromatic nitrogens is 2. The van der Waals surface area contributed by atoms with E-state index in [1.807, 2.05) is 6.07 Å². The number of hydrogen-bond donors (Lipinski definition) is 5. The Kier molecular flexibility index (Phi) is 6.63. The Morgan fingerprint density at radius 2 is 1.92 bits per heavy atom. The molecule has 11 nitrogen and oxygen atoms in total. The molecule has 0 aromatic carbocycles. The van der Waals surface area contributed by atoms with Crippen LogP contribution < -0.4 is 15.4 Å². The highest BCUT2D eigenvalue weighted by atomic mass is 32.3. The van der Waals surface area contributed by atoms with E-state index < -0.39 is 68.4 Å². The van der Waals surface area contributed by atoms with Crippen molar-refractivity contribution in [1.29, 1.82) is 5.26 Å². The third-order valence-electron chi connectivity index (χ3n) is 6.68. The van der Waals surface area contributed by atoms with Gasteiger partial charge in [-0.15, -0.1) is 0 Å². The fourth-order valence-electron chi connectivity index (χ4n) is 4.56. The Balaban J connectivity index is 1.82. The van der Waals surface area contributed by atoms with Crippen LogP contribution in [0, 0.1) is 17.1 Å². The molecule has 2 aliphatic rings. The van der Waals surface area contributed by atoms with Gasteiger partial charge in [-0.3, -0.25) is 19.8 Å². The molecule has 2 aliphatic heterocycles. The van der Waals surface area contributed by atoms with Crippen LogP contribution in [0.1, 0.15) is 48.9 Å². The molecule has 2 amide bonds. The van der Waals surface area contributed by atoms with Gasteiger partial charge in [0.25, 0.3) is 11.8 Å². The van der Waals surface area contributed by atoms with Crippen LogP contribution in [-0.2, 0) is 5.54 Å². The number of nitrogens with zero attached hydrogens (tertiary/aromatic N) is 4. The number of nitrogens with one attached hydrogen (secondary N) is 3. The second-order valence-electron chi connectivity index (χ2n) is 9.57. The predicted octanol–water partition coefficient (Wildman–Crippen LogP) is 3.60. The van der Waals surface area contributed by atoms with E-state index in [2.05, 4.69) is 30.3 Å². The molecule has 0 saturated carbocycles. The van der Waals surface area contributed by atoms with Crippen LogP contribution in [0.15, 0.2) is 35.5 Å². The molecule has 2 aromatic rings. The quantitative estimate of drug-likeness (QED) is 0.385. The monoisotopic (exact) mass is 551 g/mol. The first kappa shape index (κ1) is 27.3. The van der Waals surface area contributed by atoms with Gasteiger partial charge in [-0.05, 0) is 45.0 Å².